The van der Waals surface area contributed by atoms with Crippen LogP contribution in [-0.2, 0) is 9.59 Å². The van der Waals surface area contributed by atoms with Gasteiger partial charge in [-0.25, -0.2) is 0 Å². The number of carbonyl (C=O) groups excluding carboxylic acids is 2. The Labute approximate surface area is 153 Å². The van der Waals surface area contributed by atoms with Gasteiger partial charge >= 0.3 is 0 Å². The summed E-state index contributed by atoms with van der Waals surface area (Å²) >= 11 is 0. The predicted molar refractivity (Wildman–Crippen MR) is 99.9 cm³/mol. The Balaban J connectivity index is 1.50. The normalized spacial score (nSPS) is 21.2. The number of nitrogens with zero attached hydrogens (tertiary/aromatic N) is 2. The Morgan fingerprint density at radius 2 is 2.15 bits per heavy atom. The van der Waals surface area contributed by atoms with E-state index in [-0.39, 0.29) is 18.2 Å². The Morgan fingerprint density at radius 3 is 2.96 bits per heavy atom. The van der Waals surface area contributed by atoms with Crippen molar-refractivity contribution in [3.8, 4) is 5.75 Å². The van der Waals surface area contributed by atoms with E-state index in [4.69, 9.17) is 4.74 Å². The van der Waals surface area contributed by atoms with Crippen LogP contribution in [0.1, 0.15) is 25.3 Å². The standard InChI is InChI=1S/C20H23N3O3/c1-15-8-3-4-9-16(15)26-13-7-11-21-19(25)20(2)14-18(24)23-12-6-5-10-17(23)22-20/h3-6,8-10,12H,7,11,13-14H2,1-2H3,(H,21,25)/t20-/m1/s1. The number of aliphatic imine (C=N–C) groups is 1. The fourth-order valence-corrected chi connectivity index (χ4v) is 2.90. The van der Waals surface area contributed by atoms with Gasteiger partial charge in [0.05, 0.1) is 13.0 Å². The van der Waals surface area contributed by atoms with Crippen LogP contribution in [0.15, 0.2) is 53.7 Å². The first-order valence-electron chi connectivity index (χ1n) is 8.73. The molecule has 136 valence electrons. The molecule has 1 aromatic rings. The van der Waals surface area contributed by atoms with E-state index in [0.717, 1.165) is 11.3 Å². The topological polar surface area (TPSA) is 71.0 Å². The molecular formula is C20H23N3O3. The van der Waals surface area contributed by atoms with Gasteiger partial charge in [-0.2, -0.15) is 0 Å². The zero-order valence-electron chi connectivity index (χ0n) is 15.1. The van der Waals surface area contributed by atoms with Crippen LogP contribution in [0, 0.1) is 6.92 Å². The maximum Gasteiger partial charge on any atom is 0.248 e. The molecule has 0 fully saturated rings. The molecule has 0 unspecified atom stereocenters. The molecule has 0 bridgehead atoms. The predicted octanol–water partition coefficient (Wildman–Crippen LogP) is 2.35. The zero-order valence-corrected chi connectivity index (χ0v) is 15.1. The van der Waals surface area contributed by atoms with Gasteiger partial charge in [0.15, 0.2) is 0 Å². The van der Waals surface area contributed by atoms with Crippen molar-refractivity contribution in [1.82, 2.24) is 10.2 Å². The molecule has 1 N–H and O–H groups in total. The highest BCUT2D eigenvalue weighted by Crippen LogP contribution is 2.25. The summed E-state index contributed by atoms with van der Waals surface area (Å²) in [6.07, 6.45) is 7.71. The van der Waals surface area contributed by atoms with E-state index in [0.29, 0.717) is 25.4 Å². The molecule has 2 aliphatic heterocycles. The number of rotatable bonds is 6. The first-order valence-corrected chi connectivity index (χ1v) is 8.73. The number of amidine groups is 1. The summed E-state index contributed by atoms with van der Waals surface area (Å²) in [7, 11) is 0. The summed E-state index contributed by atoms with van der Waals surface area (Å²) in [6.45, 7) is 4.67. The second-order valence-electron chi connectivity index (χ2n) is 6.61. The molecule has 2 aliphatic rings. The summed E-state index contributed by atoms with van der Waals surface area (Å²) in [5.74, 6) is 0.990. The van der Waals surface area contributed by atoms with Crippen molar-refractivity contribution in [3.05, 3.63) is 54.3 Å². The fraction of sp³-hybridized carbons (Fsp3) is 0.350. The lowest BCUT2D eigenvalue weighted by atomic mass is 9.94. The van der Waals surface area contributed by atoms with Gasteiger partial charge in [0.1, 0.15) is 17.1 Å². The van der Waals surface area contributed by atoms with Gasteiger partial charge in [0, 0.05) is 12.7 Å². The number of aryl methyl sites for hydroxylation is 1. The molecule has 6 nitrogen and oxygen atoms in total. The second-order valence-corrected chi connectivity index (χ2v) is 6.61. The van der Waals surface area contributed by atoms with Gasteiger partial charge in [0.2, 0.25) is 11.8 Å². The van der Waals surface area contributed by atoms with Crippen LogP contribution in [0.4, 0.5) is 0 Å². The number of ether oxygens (including phenoxy) is 1. The lowest BCUT2D eigenvalue weighted by Crippen LogP contribution is -2.52. The molecule has 26 heavy (non-hydrogen) atoms. The van der Waals surface area contributed by atoms with Crippen LogP contribution in [0.2, 0.25) is 0 Å². The number of hydrogen-bond donors (Lipinski definition) is 1. The number of para-hydroxylation sites is 1. The van der Waals surface area contributed by atoms with Crippen LogP contribution < -0.4 is 10.1 Å². The third kappa shape index (κ3) is 3.85. The minimum absolute atomic E-state index is 0.0558. The molecule has 1 aromatic carbocycles. The van der Waals surface area contributed by atoms with Crippen molar-refractivity contribution < 1.29 is 14.3 Å². The SMILES string of the molecule is Cc1ccccc1OCCCNC(=O)[C@@]1(C)CC(=O)N2C=CC=CC2=N1. The van der Waals surface area contributed by atoms with E-state index in [1.54, 1.807) is 31.4 Å². The molecule has 0 radical (unpaired) electrons. The average molecular weight is 353 g/mol. The monoisotopic (exact) mass is 353 g/mol. The number of fused-ring (bicyclic) bond motifs is 1. The number of hydrogen-bond acceptors (Lipinski definition) is 4. The Morgan fingerprint density at radius 1 is 1.35 bits per heavy atom. The molecule has 2 amide bonds. The number of nitrogens with one attached hydrogen (secondary N) is 1. The van der Waals surface area contributed by atoms with E-state index >= 15 is 0 Å². The van der Waals surface area contributed by atoms with Gasteiger partial charge in [-0.1, -0.05) is 24.3 Å². The van der Waals surface area contributed by atoms with E-state index in [9.17, 15) is 9.59 Å². The van der Waals surface area contributed by atoms with Crippen LogP contribution in [-0.4, -0.2) is 41.2 Å². The minimum Gasteiger partial charge on any atom is -0.493 e. The third-order valence-electron chi connectivity index (χ3n) is 4.41. The van der Waals surface area contributed by atoms with Gasteiger partial charge in [-0.3, -0.25) is 19.5 Å². The summed E-state index contributed by atoms with van der Waals surface area (Å²) < 4.78 is 5.72. The van der Waals surface area contributed by atoms with Crippen LogP contribution >= 0.6 is 0 Å². The summed E-state index contributed by atoms with van der Waals surface area (Å²) in [6, 6.07) is 7.82. The smallest absolute Gasteiger partial charge is 0.248 e. The van der Waals surface area contributed by atoms with E-state index in [1.807, 2.05) is 31.2 Å². The van der Waals surface area contributed by atoms with E-state index in [1.165, 1.54) is 4.90 Å². The Hall–Kier alpha value is -2.89. The molecule has 0 saturated carbocycles. The van der Waals surface area contributed by atoms with Crippen LogP contribution in [0.5, 0.6) is 5.75 Å². The van der Waals surface area contributed by atoms with Crippen LogP contribution in [0.25, 0.3) is 0 Å². The van der Waals surface area contributed by atoms with Crippen molar-refractivity contribution in [2.24, 2.45) is 4.99 Å². The number of allylic oxidation sites excluding steroid dienone is 2. The third-order valence-corrected chi connectivity index (χ3v) is 4.41. The lowest BCUT2D eigenvalue weighted by molar-refractivity contribution is -0.134. The molecule has 1 atom stereocenters. The maximum atomic E-state index is 12.6. The molecule has 0 aliphatic carbocycles. The van der Waals surface area contributed by atoms with Gasteiger partial charge in [-0.15, -0.1) is 0 Å². The highest BCUT2D eigenvalue weighted by molar-refractivity contribution is 6.11. The highest BCUT2D eigenvalue weighted by Gasteiger charge is 2.41. The largest absolute Gasteiger partial charge is 0.493 e. The highest BCUT2D eigenvalue weighted by atomic mass is 16.5. The first kappa shape index (κ1) is 17.9. The van der Waals surface area contributed by atoms with Crippen molar-refractivity contribution in [2.75, 3.05) is 13.2 Å². The van der Waals surface area contributed by atoms with E-state index in [2.05, 4.69) is 10.3 Å². The molecule has 2 heterocycles. The average Bonchev–Trinajstić information content (AvgIpc) is 2.62. The quantitative estimate of drug-likeness (QED) is 0.798. The summed E-state index contributed by atoms with van der Waals surface area (Å²) in [5, 5.41) is 2.87. The van der Waals surface area contributed by atoms with Gasteiger partial charge < -0.3 is 10.1 Å². The Kier molecular flexibility index (Phi) is 5.21. The van der Waals surface area contributed by atoms with Crippen molar-refractivity contribution in [3.63, 3.8) is 0 Å². The second kappa shape index (κ2) is 7.56. The number of benzene rings is 1. The van der Waals surface area contributed by atoms with Gasteiger partial charge in [-0.05, 0) is 44.1 Å². The molecule has 3 rings (SSSR count). The fourth-order valence-electron chi connectivity index (χ4n) is 2.90. The van der Waals surface area contributed by atoms with E-state index < -0.39 is 5.54 Å². The molecular weight excluding hydrogens is 330 g/mol. The Bertz CT molecular complexity index is 797. The van der Waals surface area contributed by atoms with Crippen molar-refractivity contribution >= 4 is 17.6 Å². The lowest BCUT2D eigenvalue weighted by Gasteiger charge is -2.34. The molecule has 0 saturated heterocycles. The van der Waals surface area contributed by atoms with Crippen molar-refractivity contribution in [1.29, 1.82) is 0 Å². The number of amides is 2. The summed E-state index contributed by atoms with van der Waals surface area (Å²) in [5.41, 5.74) is 0.00899. The minimum atomic E-state index is -1.07. The maximum absolute atomic E-state index is 12.6. The molecule has 6 heteroatoms. The first-order chi connectivity index (χ1) is 12.5. The van der Waals surface area contributed by atoms with Crippen molar-refractivity contribution in [2.45, 2.75) is 32.2 Å². The molecule has 0 spiro atoms. The zero-order chi connectivity index (χ0) is 18.6. The van der Waals surface area contributed by atoms with Crippen LogP contribution in [0.3, 0.4) is 0 Å². The summed E-state index contributed by atoms with van der Waals surface area (Å²) in [4.78, 5) is 30.8. The molecule has 0 aromatic heterocycles. The number of carbonyl (C=O) groups is 2. The van der Waals surface area contributed by atoms with Gasteiger partial charge in [0.25, 0.3) is 0 Å².